The van der Waals surface area contributed by atoms with E-state index in [1.807, 2.05) is 0 Å². The molecule has 3 aliphatic rings. The van der Waals surface area contributed by atoms with E-state index in [1.54, 1.807) is 0 Å². The molecule has 0 aromatic carbocycles. The molecule has 4 atom stereocenters. The fourth-order valence-electron chi connectivity index (χ4n) is 3.36. The average Bonchev–Trinajstić information content (AvgIpc) is 3.17. The molecule has 3 amide bonds. The second kappa shape index (κ2) is 10.1. The van der Waals surface area contributed by atoms with Crippen LogP contribution in [0.25, 0.3) is 0 Å². The van der Waals surface area contributed by atoms with E-state index < -0.39 is 46.6 Å². The Hall–Kier alpha value is -2.25. The Balaban J connectivity index is 0.000000451. The lowest BCUT2D eigenvalue weighted by atomic mass is 10.0. The first-order chi connectivity index (χ1) is 14.7. The highest BCUT2D eigenvalue weighted by Gasteiger charge is 2.49. The van der Waals surface area contributed by atoms with Crippen LogP contribution in [0, 0.1) is 0 Å². The van der Waals surface area contributed by atoms with Gasteiger partial charge in [-0.15, -0.1) is 4.28 Å². The highest BCUT2D eigenvalue weighted by atomic mass is 32.3. The number of nitrogens with one attached hydrogen (secondary N) is 2. The van der Waals surface area contributed by atoms with Crippen LogP contribution in [0.2, 0.25) is 0 Å². The Morgan fingerprint density at radius 2 is 1.94 bits per heavy atom. The van der Waals surface area contributed by atoms with E-state index in [4.69, 9.17) is 25.0 Å². The van der Waals surface area contributed by atoms with Gasteiger partial charge in [0.1, 0.15) is 6.04 Å². The minimum Gasteiger partial charge on any atom is -0.475 e. The van der Waals surface area contributed by atoms with Gasteiger partial charge in [-0.05, 0) is 19.3 Å². The summed E-state index contributed by atoms with van der Waals surface area (Å²) in [5.41, 5.74) is 8.08. The number of fused-ring (bicyclic) bond motifs is 2. The lowest BCUT2D eigenvalue weighted by Crippen LogP contribution is -2.50. The summed E-state index contributed by atoms with van der Waals surface area (Å²) in [5.74, 6) is -3.25. The summed E-state index contributed by atoms with van der Waals surface area (Å²) in [7, 11) is -4.81. The number of hydrogen-bond acceptors (Lipinski definition) is 9. The molecule has 0 unspecified atom stereocenters. The summed E-state index contributed by atoms with van der Waals surface area (Å²) < 4.78 is 66.5. The number of aliphatic carboxylic acids is 1. The van der Waals surface area contributed by atoms with E-state index >= 15 is 0 Å². The monoisotopic (exact) mass is 493 g/mol. The first-order valence-electron chi connectivity index (χ1n) is 9.16. The zero-order valence-electron chi connectivity index (χ0n) is 16.3. The zero-order chi connectivity index (χ0) is 24.3. The molecule has 3 aliphatic heterocycles. The van der Waals surface area contributed by atoms with Crippen molar-refractivity contribution in [1.82, 2.24) is 20.8 Å². The van der Waals surface area contributed by atoms with Gasteiger partial charge in [-0.1, -0.05) is 0 Å². The van der Waals surface area contributed by atoms with Crippen molar-refractivity contribution in [3.63, 3.8) is 0 Å². The summed E-state index contributed by atoms with van der Waals surface area (Å²) in [6.07, 6.45) is -3.66. The van der Waals surface area contributed by atoms with Crippen molar-refractivity contribution < 1.29 is 54.8 Å². The molecule has 3 saturated heterocycles. The maximum atomic E-state index is 12.3. The molecule has 0 saturated carbocycles. The molecule has 14 nitrogen and oxygen atoms in total. The van der Waals surface area contributed by atoms with Crippen molar-refractivity contribution in [2.75, 3.05) is 19.7 Å². The van der Waals surface area contributed by atoms with Gasteiger partial charge in [-0.25, -0.2) is 15.1 Å². The van der Waals surface area contributed by atoms with E-state index in [2.05, 4.69) is 15.1 Å². The van der Waals surface area contributed by atoms with Gasteiger partial charge in [0.05, 0.1) is 12.6 Å². The Kier molecular flexibility index (Phi) is 8.23. The van der Waals surface area contributed by atoms with Gasteiger partial charge in [0.15, 0.2) is 0 Å². The molecule has 2 bridgehead atoms. The topological polar surface area (TPSA) is 201 Å². The molecule has 0 aromatic rings. The molecule has 0 spiro atoms. The normalized spacial score (nSPS) is 27.7. The summed E-state index contributed by atoms with van der Waals surface area (Å²) in [5, 5.41) is 10.9. The highest BCUT2D eigenvalue weighted by molar-refractivity contribution is 7.80. The number of hydrogen-bond donors (Lipinski definition) is 5. The highest BCUT2D eigenvalue weighted by Crippen LogP contribution is 2.30. The number of amides is 3. The van der Waals surface area contributed by atoms with Gasteiger partial charge in [-0.3, -0.25) is 14.2 Å². The number of carboxylic acid groups (broad SMARTS) is 1. The lowest BCUT2D eigenvalue weighted by molar-refractivity contribution is -0.192. The van der Waals surface area contributed by atoms with Crippen LogP contribution in [0.4, 0.5) is 18.0 Å². The SMILES string of the molecule is N[C@H]1CN[C@H](CONC(=O)[C@@H]2CC[C@@H]3CN2C(=O)N3OS(=O)(=O)O)C1.O=C(O)C(F)(F)F. The van der Waals surface area contributed by atoms with E-state index in [0.29, 0.717) is 24.4 Å². The predicted molar refractivity (Wildman–Crippen MR) is 95.6 cm³/mol. The number of hydroxylamine groups is 3. The summed E-state index contributed by atoms with van der Waals surface area (Å²) in [6, 6.07) is -2.00. The molecule has 18 heteroatoms. The molecule has 3 fully saturated rings. The zero-order valence-corrected chi connectivity index (χ0v) is 17.1. The summed E-state index contributed by atoms with van der Waals surface area (Å²) in [6.45, 7) is 1.07. The molecule has 0 radical (unpaired) electrons. The molecule has 184 valence electrons. The van der Waals surface area contributed by atoms with Gasteiger partial charge in [0.2, 0.25) is 0 Å². The molecular formula is C14H22F3N5O9S. The van der Waals surface area contributed by atoms with Crippen LogP contribution in [0.15, 0.2) is 0 Å². The van der Waals surface area contributed by atoms with Gasteiger partial charge in [0, 0.05) is 25.2 Å². The van der Waals surface area contributed by atoms with Crippen molar-refractivity contribution in [2.24, 2.45) is 5.73 Å². The van der Waals surface area contributed by atoms with E-state index in [1.165, 1.54) is 4.90 Å². The van der Waals surface area contributed by atoms with Crippen molar-refractivity contribution >= 4 is 28.3 Å². The number of rotatable bonds is 6. The molecule has 0 aliphatic carbocycles. The van der Waals surface area contributed by atoms with Crippen LogP contribution in [0.3, 0.4) is 0 Å². The number of urea groups is 1. The van der Waals surface area contributed by atoms with E-state index in [0.717, 1.165) is 6.42 Å². The predicted octanol–water partition coefficient (Wildman–Crippen LogP) is -1.64. The van der Waals surface area contributed by atoms with Crippen molar-refractivity contribution in [2.45, 2.75) is 49.6 Å². The van der Waals surface area contributed by atoms with Gasteiger partial charge in [0.25, 0.3) is 5.91 Å². The summed E-state index contributed by atoms with van der Waals surface area (Å²) in [4.78, 5) is 39.8. The molecule has 3 heterocycles. The number of carboxylic acids is 1. The van der Waals surface area contributed by atoms with Crippen LogP contribution >= 0.6 is 0 Å². The second-order valence-electron chi connectivity index (χ2n) is 7.19. The van der Waals surface area contributed by atoms with Crippen molar-refractivity contribution in [3.8, 4) is 0 Å². The molecule has 6 N–H and O–H groups in total. The maximum absolute atomic E-state index is 12.3. The van der Waals surface area contributed by atoms with Crippen LogP contribution in [0.1, 0.15) is 19.3 Å². The Morgan fingerprint density at radius 1 is 1.31 bits per heavy atom. The van der Waals surface area contributed by atoms with E-state index in [9.17, 15) is 31.2 Å². The maximum Gasteiger partial charge on any atom is 0.490 e. The Labute approximate surface area is 179 Å². The van der Waals surface area contributed by atoms with Gasteiger partial charge in [-0.2, -0.15) is 26.7 Å². The second-order valence-corrected chi connectivity index (χ2v) is 8.20. The fourth-order valence-corrected chi connectivity index (χ4v) is 3.75. The summed E-state index contributed by atoms with van der Waals surface area (Å²) >= 11 is 0. The number of carbonyl (C=O) groups is 3. The number of piperidine rings is 1. The van der Waals surface area contributed by atoms with Crippen molar-refractivity contribution in [1.29, 1.82) is 0 Å². The molecule has 3 rings (SSSR count). The third-order valence-corrected chi connectivity index (χ3v) is 5.10. The average molecular weight is 493 g/mol. The van der Waals surface area contributed by atoms with Gasteiger partial charge >= 0.3 is 28.6 Å². The quantitative estimate of drug-likeness (QED) is 0.210. The van der Waals surface area contributed by atoms with Crippen molar-refractivity contribution in [3.05, 3.63) is 0 Å². The third kappa shape index (κ3) is 7.14. The lowest BCUT2D eigenvalue weighted by Gasteiger charge is -2.29. The van der Waals surface area contributed by atoms with Crippen LogP contribution in [0.5, 0.6) is 0 Å². The van der Waals surface area contributed by atoms with E-state index in [-0.39, 0.29) is 25.2 Å². The fraction of sp³-hybridized carbons (Fsp3) is 0.786. The number of alkyl halides is 3. The molecule has 0 aromatic heterocycles. The third-order valence-electron chi connectivity index (χ3n) is 4.76. The number of halogens is 3. The number of nitrogens with two attached hydrogens (primary N) is 1. The molecule has 32 heavy (non-hydrogen) atoms. The minimum atomic E-state index is -5.08. The van der Waals surface area contributed by atoms with Gasteiger partial charge < -0.3 is 21.1 Å². The largest absolute Gasteiger partial charge is 0.490 e. The Morgan fingerprint density at radius 3 is 2.44 bits per heavy atom. The molecular weight excluding hydrogens is 471 g/mol. The Bertz CT molecular complexity index is 827. The number of nitrogens with zero attached hydrogens (tertiary/aromatic N) is 2. The van der Waals surface area contributed by atoms with Crippen LogP contribution in [-0.4, -0.2) is 96.0 Å². The number of carbonyl (C=O) groups excluding carboxylic acids is 2. The minimum absolute atomic E-state index is 0.0538. The standard InChI is InChI=1S/C12H21N5O7S.C2HF3O2/c13-7-3-8(14-4-7)6-23-15-11(18)10-2-1-9-5-16(10)12(19)17(9)24-25(20,21)22;3-2(4,5)1(6)7/h7-10,14H,1-6,13H2,(H,15,18)(H,20,21,22);(H,6,7)/t7-,8+,9-,10+;/m1./s1. The smallest absolute Gasteiger partial charge is 0.475 e. The first-order valence-corrected chi connectivity index (χ1v) is 10.5. The van der Waals surface area contributed by atoms with Crippen LogP contribution in [-0.2, 0) is 29.1 Å². The van der Waals surface area contributed by atoms with Crippen LogP contribution < -0.4 is 16.5 Å². The first kappa shape index (κ1) is 26.0.